The second-order valence-electron chi connectivity index (χ2n) is 3.84. The number of H-pyrrole nitrogens is 1. The molecule has 0 aliphatic carbocycles. The number of nitrogens with zero attached hydrogens (tertiary/aromatic N) is 1. The lowest BCUT2D eigenvalue weighted by Crippen LogP contribution is -1.98. The van der Waals surface area contributed by atoms with Crippen molar-refractivity contribution in [3.8, 4) is 11.3 Å². The van der Waals surface area contributed by atoms with Crippen LogP contribution in [0.5, 0.6) is 0 Å². The highest BCUT2D eigenvalue weighted by molar-refractivity contribution is 5.94. The number of aromatic nitrogens is 2. The summed E-state index contributed by atoms with van der Waals surface area (Å²) in [4.78, 5) is 18.6. The molecule has 0 atom stereocenters. The molecule has 0 radical (unpaired) electrons. The zero-order chi connectivity index (χ0) is 11.7. The van der Waals surface area contributed by atoms with Crippen LogP contribution in [0, 0.1) is 0 Å². The van der Waals surface area contributed by atoms with Crippen LogP contribution in [0.3, 0.4) is 0 Å². The van der Waals surface area contributed by atoms with E-state index in [0.717, 1.165) is 22.0 Å². The summed E-state index contributed by atoms with van der Waals surface area (Å²) in [6.45, 7) is 0. The molecular weight excluding hydrogens is 212 g/mol. The summed E-state index contributed by atoms with van der Waals surface area (Å²) in [6, 6.07) is 11.0. The molecule has 3 aromatic rings. The Kier molecular flexibility index (Phi) is 2.22. The summed E-state index contributed by atoms with van der Waals surface area (Å²) in [6.07, 6.45) is 5.24. The lowest BCUT2D eigenvalue weighted by molar-refractivity contribution is 1.30. The summed E-state index contributed by atoms with van der Waals surface area (Å²) >= 11 is 0. The lowest BCUT2D eigenvalue weighted by atomic mass is 10.0. The van der Waals surface area contributed by atoms with Crippen LogP contribution in [-0.2, 0) is 0 Å². The zero-order valence-corrected chi connectivity index (χ0v) is 9.05. The molecule has 0 fully saturated rings. The highest BCUT2D eigenvalue weighted by Gasteiger charge is 2.03. The van der Waals surface area contributed by atoms with Gasteiger partial charge in [0.05, 0.1) is 0 Å². The van der Waals surface area contributed by atoms with Gasteiger partial charge in [0.2, 0.25) is 0 Å². The SMILES string of the molecule is O=c1cc[nH]c(-c2cccc3ccncc23)c1. The summed E-state index contributed by atoms with van der Waals surface area (Å²) in [5.74, 6) is 0. The van der Waals surface area contributed by atoms with E-state index < -0.39 is 0 Å². The van der Waals surface area contributed by atoms with E-state index in [1.165, 1.54) is 6.07 Å². The van der Waals surface area contributed by atoms with Gasteiger partial charge in [0.15, 0.2) is 5.43 Å². The second kappa shape index (κ2) is 3.87. The number of fused-ring (bicyclic) bond motifs is 1. The van der Waals surface area contributed by atoms with E-state index in [0.29, 0.717) is 0 Å². The maximum atomic E-state index is 11.4. The molecule has 0 amide bonds. The van der Waals surface area contributed by atoms with Crippen LogP contribution in [0.2, 0.25) is 0 Å². The number of benzene rings is 1. The number of rotatable bonds is 1. The van der Waals surface area contributed by atoms with Crippen molar-refractivity contribution in [1.82, 2.24) is 9.97 Å². The van der Waals surface area contributed by atoms with Crippen molar-refractivity contribution in [2.45, 2.75) is 0 Å². The van der Waals surface area contributed by atoms with Crippen LogP contribution in [0.25, 0.3) is 22.0 Å². The fraction of sp³-hybridized carbons (Fsp3) is 0. The van der Waals surface area contributed by atoms with Crippen LogP contribution < -0.4 is 5.43 Å². The monoisotopic (exact) mass is 222 g/mol. The first-order valence-electron chi connectivity index (χ1n) is 5.36. The van der Waals surface area contributed by atoms with E-state index in [4.69, 9.17) is 0 Å². The molecule has 82 valence electrons. The first-order chi connectivity index (χ1) is 8.34. The van der Waals surface area contributed by atoms with E-state index in [1.807, 2.05) is 30.5 Å². The van der Waals surface area contributed by atoms with Crippen molar-refractivity contribution in [3.05, 3.63) is 65.2 Å². The Morgan fingerprint density at radius 2 is 2.06 bits per heavy atom. The fourth-order valence-corrected chi connectivity index (χ4v) is 1.95. The van der Waals surface area contributed by atoms with Gasteiger partial charge in [-0.3, -0.25) is 9.78 Å². The van der Waals surface area contributed by atoms with Gasteiger partial charge in [-0.05, 0) is 11.5 Å². The average Bonchev–Trinajstić information content (AvgIpc) is 2.38. The van der Waals surface area contributed by atoms with Crippen molar-refractivity contribution >= 4 is 10.8 Å². The number of pyridine rings is 2. The van der Waals surface area contributed by atoms with Gasteiger partial charge >= 0.3 is 0 Å². The molecule has 0 saturated heterocycles. The molecule has 1 N–H and O–H groups in total. The van der Waals surface area contributed by atoms with Gasteiger partial charge in [-0.2, -0.15) is 0 Å². The quantitative estimate of drug-likeness (QED) is 0.687. The molecule has 3 nitrogen and oxygen atoms in total. The second-order valence-corrected chi connectivity index (χ2v) is 3.84. The highest BCUT2D eigenvalue weighted by atomic mass is 16.1. The number of hydrogen-bond donors (Lipinski definition) is 1. The largest absolute Gasteiger partial charge is 0.361 e. The van der Waals surface area contributed by atoms with Gasteiger partial charge < -0.3 is 4.98 Å². The van der Waals surface area contributed by atoms with E-state index in [1.54, 1.807) is 18.5 Å². The molecule has 2 heterocycles. The van der Waals surface area contributed by atoms with Crippen molar-refractivity contribution in [3.63, 3.8) is 0 Å². The van der Waals surface area contributed by atoms with Crippen LogP contribution in [0.1, 0.15) is 0 Å². The first kappa shape index (κ1) is 9.78. The van der Waals surface area contributed by atoms with Crippen molar-refractivity contribution in [1.29, 1.82) is 0 Å². The molecule has 0 saturated carbocycles. The maximum Gasteiger partial charge on any atom is 0.182 e. The number of nitrogens with one attached hydrogen (secondary N) is 1. The normalized spacial score (nSPS) is 10.6. The number of aromatic amines is 1. The van der Waals surface area contributed by atoms with E-state index in [9.17, 15) is 4.79 Å². The van der Waals surface area contributed by atoms with Gasteiger partial charge in [0, 0.05) is 47.4 Å². The van der Waals surface area contributed by atoms with Gasteiger partial charge in [-0.25, -0.2) is 0 Å². The molecular formula is C14H10N2O. The zero-order valence-electron chi connectivity index (χ0n) is 9.05. The average molecular weight is 222 g/mol. The highest BCUT2D eigenvalue weighted by Crippen LogP contribution is 2.25. The minimum atomic E-state index is -0.000330. The van der Waals surface area contributed by atoms with E-state index in [-0.39, 0.29) is 5.43 Å². The molecule has 0 aliphatic heterocycles. The molecule has 0 aliphatic rings. The summed E-state index contributed by atoms with van der Waals surface area (Å²) in [7, 11) is 0. The van der Waals surface area contributed by atoms with Gasteiger partial charge in [0.1, 0.15) is 0 Å². The Hall–Kier alpha value is -2.42. The van der Waals surface area contributed by atoms with Crippen LogP contribution in [0.4, 0.5) is 0 Å². The fourth-order valence-electron chi connectivity index (χ4n) is 1.95. The van der Waals surface area contributed by atoms with Crippen LogP contribution >= 0.6 is 0 Å². The molecule has 1 aromatic carbocycles. The van der Waals surface area contributed by atoms with Crippen molar-refractivity contribution < 1.29 is 0 Å². The Labute approximate surface area is 97.8 Å². The van der Waals surface area contributed by atoms with Crippen molar-refractivity contribution in [2.75, 3.05) is 0 Å². The van der Waals surface area contributed by atoms with Crippen LogP contribution in [0.15, 0.2) is 59.8 Å². The molecule has 2 aromatic heterocycles. The van der Waals surface area contributed by atoms with Gasteiger partial charge in [-0.1, -0.05) is 18.2 Å². The Bertz CT molecular complexity index is 726. The molecule has 3 heteroatoms. The smallest absolute Gasteiger partial charge is 0.182 e. The van der Waals surface area contributed by atoms with Crippen molar-refractivity contribution in [2.24, 2.45) is 0 Å². The third kappa shape index (κ3) is 1.72. The minimum Gasteiger partial charge on any atom is -0.361 e. The molecule has 17 heavy (non-hydrogen) atoms. The minimum absolute atomic E-state index is 0.000330. The summed E-state index contributed by atoms with van der Waals surface area (Å²) in [5, 5.41) is 2.15. The third-order valence-electron chi connectivity index (χ3n) is 2.75. The lowest BCUT2D eigenvalue weighted by Gasteiger charge is -2.05. The number of hydrogen-bond acceptors (Lipinski definition) is 2. The topological polar surface area (TPSA) is 45.8 Å². The Morgan fingerprint density at radius 3 is 2.94 bits per heavy atom. The predicted octanol–water partition coefficient (Wildman–Crippen LogP) is 2.59. The van der Waals surface area contributed by atoms with Gasteiger partial charge in [0.25, 0.3) is 0 Å². The molecule has 0 bridgehead atoms. The van der Waals surface area contributed by atoms with Crippen LogP contribution in [-0.4, -0.2) is 9.97 Å². The first-order valence-corrected chi connectivity index (χ1v) is 5.36. The standard InChI is InChI=1S/C14H10N2O/c17-11-5-7-16-14(8-11)12-3-1-2-10-4-6-15-9-13(10)12/h1-9H,(H,16,17). The van der Waals surface area contributed by atoms with E-state index >= 15 is 0 Å². The van der Waals surface area contributed by atoms with E-state index in [2.05, 4.69) is 9.97 Å². The maximum absolute atomic E-state index is 11.4. The third-order valence-corrected chi connectivity index (χ3v) is 2.75. The Balaban J connectivity index is 2.34. The Morgan fingerprint density at radius 1 is 1.12 bits per heavy atom. The molecule has 0 spiro atoms. The van der Waals surface area contributed by atoms with Gasteiger partial charge in [-0.15, -0.1) is 0 Å². The predicted molar refractivity (Wildman–Crippen MR) is 67.8 cm³/mol. The summed E-state index contributed by atoms with van der Waals surface area (Å²) in [5.41, 5.74) is 1.81. The molecule has 3 rings (SSSR count). The molecule has 0 unspecified atom stereocenters. The summed E-state index contributed by atoms with van der Waals surface area (Å²) < 4.78 is 0.